The summed E-state index contributed by atoms with van der Waals surface area (Å²) >= 11 is 0. The molecule has 16 heavy (non-hydrogen) atoms. The average molecular weight is 218 g/mol. The molecule has 0 atom stereocenters. The lowest BCUT2D eigenvalue weighted by molar-refractivity contribution is -0.539. The first kappa shape index (κ1) is 12.1. The molecular formula is C12H18N4+2. The van der Waals surface area contributed by atoms with Gasteiger partial charge < -0.3 is 11.1 Å². The summed E-state index contributed by atoms with van der Waals surface area (Å²) in [5, 5.41) is 7.54. The maximum Gasteiger partial charge on any atom is 0.171 e. The molecule has 0 saturated heterocycles. The second-order valence-electron chi connectivity index (χ2n) is 3.30. The fraction of sp³-hybridized carbons (Fsp3) is 0.167. The number of nitrogens with two attached hydrogens (primary N) is 3. The van der Waals surface area contributed by atoms with Gasteiger partial charge in [0.05, 0.1) is 23.9 Å². The molecule has 0 aliphatic rings. The maximum atomic E-state index is 6.07. The molecule has 0 radical (unpaired) electrons. The van der Waals surface area contributed by atoms with Crippen LogP contribution in [-0.2, 0) is 0 Å². The van der Waals surface area contributed by atoms with Gasteiger partial charge in [-0.15, -0.1) is 0 Å². The highest BCUT2D eigenvalue weighted by atomic mass is 14.8. The number of hydrogen-bond acceptors (Lipinski definition) is 2. The van der Waals surface area contributed by atoms with Crippen LogP contribution < -0.4 is 16.5 Å². The Hall–Kier alpha value is -1.94. The molecule has 0 aromatic heterocycles. The van der Waals surface area contributed by atoms with E-state index in [2.05, 4.69) is 4.99 Å². The molecule has 1 rings (SSSR count). The molecular weight excluding hydrogens is 200 g/mol. The van der Waals surface area contributed by atoms with Crippen molar-refractivity contribution in [3.63, 3.8) is 0 Å². The third kappa shape index (κ3) is 2.55. The normalized spacial score (nSPS) is 12.6. The monoisotopic (exact) mass is 218 g/mol. The number of allylic oxidation sites excluding steroid dienone is 1. The number of benzene rings is 1. The minimum atomic E-state index is 0.641. The van der Waals surface area contributed by atoms with E-state index in [0.717, 1.165) is 16.8 Å². The maximum absolute atomic E-state index is 6.07. The number of rotatable bonds is 4. The molecule has 0 fully saturated rings. The van der Waals surface area contributed by atoms with Gasteiger partial charge in [0.1, 0.15) is 5.69 Å². The van der Waals surface area contributed by atoms with Gasteiger partial charge in [0.15, 0.2) is 6.21 Å². The van der Waals surface area contributed by atoms with Crippen LogP contribution in [-0.4, -0.2) is 26.5 Å². The summed E-state index contributed by atoms with van der Waals surface area (Å²) in [5.74, 6) is 0. The van der Waals surface area contributed by atoms with E-state index in [1.54, 1.807) is 13.3 Å². The topological polar surface area (TPSA) is 80.6 Å². The third-order valence-electron chi connectivity index (χ3n) is 2.32. The molecule has 0 spiro atoms. The fourth-order valence-corrected chi connectivity index (χ4v) is 1.49. The second-order valence-corrected chi connectivity index (χ2v) is 3.30. The Bertz CT molecular complexity index is 432. The zero-order valence-electron chi connectivity index (χ0n) is 9.64. The summed E-state index contributed by atoms with van der Waals surface area (Å²) in [4.78, 5) is 3.92. The molecule has 0 saturated carbocycles. The van der Waals surface area contributed by atoms with Gasteiger partial charge >= 0.3 is 0 Å². The molecule has 84 valence electrons. The van der Waals surface area contributed by atoms with Crippen molar-refractivity contribution in [3.8, 4) is 0 Å². The van der Waals surface area contributed by atoms with E-state index in [4.69, 9.17) is 11.1 Å². The van der Waals surface area contributed by atoms with Gasteiger partial charge in [0, 0.05) is 13.3 Å². The van der Waals surface area contributed by atoms with Crippen molar-refractivity contribution in [2.75, 3.05) is 14.1 Å². The van der Waals surface area contributed by atoms with Crippen molar-refractivity contribution >= 4 is 23.8 Å². The van der Waals surface area contributed by atoms with E-state index in [-0.39, 0.29) is 0 Å². The lowest BCUT2D eigenvalue weighted by Crippen LogP contribution is -2.73. The van der Waals surface area contributed by atoms with Crippen molar-refractivity contribution in [3.05, 3.63) is 35.4 Å². The Morgan fingerprint density at radius 2 is 2.12 bits per heavy atom. The van der Waals surface area contributed by atoms with E-state index in [0.29, 0.717) is 5.70 Å². The molecule has 0 unspecified atom stereocenters. The molecule has 1 aromatic carbocycles. The Balaban J connectivity index is 3.31. The zero-order chi connectivity index (χ0) is 12.0. The van der Waals surface area contributed by atoms with Crippen LogP contribution in [0, 0.1) is 0 Å². The van der Waals surface area contributed by atoms with Crippen LogP contribution in [0.5, 0.6) is 0 Å². The van der Waals surface area contributed by atoms with Crippen LogP contribution in [0.25, 0.3) is 5.70 Å². The standard InChI is InChI=1S/C12H16N4/c1-15-8-9(7-13)12(14)10-5-3-4-6-11(10)16-2/h3-8,13,16H,14H2,1-2H3/p+2. The lowest BCUT2D eigenvalue weighted by atomic mass is 10.1. The Morgan fingerprint density at radius 3 is 2.69 bits per heavy atom. The van der Waals surface area contributed by atoms with Gasteiger partial charge in [-0.1, -0.05) is 12.1 Å². The molecule has 1 aromatic rings. The summed E-state index contributed by atoms with van der Waals surface area (Å²) < 4.78 is 0. The molecule has 0 aliphatic heterocycles. The van der Waals surface area contributed by atoms with Crippen molar-refractivity contribution in [1.82, 2.24) is 0 Å². The SMILES string of the molecule is CN=CC(C=[NH2+])=C(N)c1ccccc1[NH2+]C. The van der Waals surface area contributed by atoms with Crippen molar-refractivity contribution in [1.29, 1.82) is 0 Å². The van der Waals surface area contributed by atoms with Gasteiger partial charge in [-0.2, -0.15) is 0 Å². The van der Waals surface area contributed by atoms with Gasteiger partial charge in [0.25, 0.3) is 0 Å². The highest BCUT2D eigenvalue weighted by Crippen LogP contribution is 2.17. The quantitative estimate of drug-likeness (QED) is 0.427. The highest BCUT2D eigenvalue weighted by Gasteiger charge is 2.10. The molecule has 6 N–H and O–H groups in total. The van der Waals surface area contributed by atoms with Gasteiger partial charge in [-0.05, 0) is 12.1 Å². The number of nitrogens with zero attached hydrogens (tertiary/aromatic N) is 1. The second kappa shape index (κ2) is 5.82. The Morgan fingerprint density at radius 1 is 1.44 bits per heavy atom. The van der Waals surface area contributed by atoms with E-state index < -0.39 is 0 Å². The molecule has 0 amide bonds. The van der Waals surface area contributed by atoms with Crippen LogP contribution in [0.4, 0.5) is 5.69 Å². The summed E-state index contributed by atoms with van der Waals surface area (Å²) in [7, 11) is 3.67. The highest BCUT2D eigenvalue weighted by molar-refractivity contribution is 6.09. The summed E-state index contributed by atoms with van der Waals surface area (Å²) in [6.45, 7) is 0. The average Bonchev–Trinajstić information content (AvgIpc) is 2.35. The number of para-hydroxylation sites is 1. The predicted molar refractivity (Wildman–Crippen MR) is 67.5 cm³/mol. The molecule has 4 nitrogen and oxygen atoms in total. The minimum Gasteiger partial charge on any atom is -0.397 e. The first-order chi connectivity index (χ1) is 7.74. The number of hydrogen-bond donors (Lipinski definition) is 3. The smallest absolute Gasteiger partial charge is 0.171 e. The van der Waals surface area contributed by atoms with E-state index in [1.807, 2.05) is 36.6 Å². The molecule has 0 bridgehead atoms. The first-order valence-corrected chi connectivity index (χ1v) is 5.10. The van der Waals surface area contributed by atoms with Gasteiger partial charge in [-0.25, -0.2) is 0 Å². The number of quaternary nitrogens is 1. The zero-order valence-corrected chi connectivity index (χ0v) is 9.64. The Kier molecular flexibility index (Phi) is 4.42. The van der Waals surface area contributed by atoms with Crippen LogP contribution >= 0.6 is 0 Å². The van der Waals surface area contributed by atoms with Crippen LogP contribution in [0.3, 0.4) is 0 Å². The van der Waals surface area contributed by atoms with Crippen LogP contribution in [0.15, 0.2) is 34.8 Å². The van der Waals surface area contributed by atoms with E-state index in [1.165, 1.54) is 6.21 Å². The number of aliphatic imine (C=N–C) groups is 1. The van der Waals surface area contributed by atoms with Gasteiger partial charge in [0.2, 0.25) is 0 Å². The largest absolute Gasteiger partial charge is 0.397 e. The van der Waals surface area contributed by atoms with Gasteiger partial charge in [-0.3, -0.25) is 10.4 Å². The fourth-order valence-electron chi connectivity index (χ4n) is 1.49. The molecule has 4 heteroatoms. The Labute approximate surface area is 95.4 Å². The lowest BCUT2D eigenvalue weighted by Gasteiger charge is -2.06. The van der Waals surface area contributed by atoms with E-state index in [9.17, 15) is 0 Å². The minimum absolute atomic E-state index is 0.641. The molecule has 0 heterocycles. The van der Waals surface area contributed by atoms with E-state index >= 15 is 0 Å². The molecule has 0 aliphatic carbocycles. The van der Waals surface area contributed by atoms with Crippen molar-refractivity contribution in [2.24, 2.45) is 10.7 Å². The summed E-state index contributed by atoms with van der Waals surface area (Å²) in [6.07, 6.45) is 3.12. The van der Waals surface area contributed by atoms with Crippen molar-refractivity contribution < 1.29 is 10.7 Å². The van der Waals surface area contributed by atoms with Crippen molar-refractivity contribution in [2.45, 2.75) is 0 Å². The third-order valence-corrected chi connectivity index (χ3v) is 2.32. The summed E-state index contributed by atoms with van der Waals surface area (Å²) in [5.41, 5.74) is 9.50. The van der Waals surface area contributed by atoms with Crippen LogP contribution in [0.2, 0.25) is 0 Å². The van der Waals surface area contributed by atoms with Crippen LogP contribution in [0.1, 0.15) is 5.56 Å². The predicted octanol–water partition coefficient (Wildman–Crippen LogP) is -1.29. The summed E-state index contributed by atoms with van der Waals surface area (Å²) in [6, 6.07) is 7.91. The first-order valence-electron chi connectivity index (χ1n) is 5.10.